The average molecular weight is 420 g/mol. The second-order valence-electron chi connectivity index (χ2n) is 4.71. The van der Waals surface area contributed by atoms with E-state index in [1.807, 2.05) is 24.4 Å². The standard InChI is InChI=1S/C14H12BrClN2O2S2/c15-13-3-4-14(21-13)22(19,20)18-6-5-9-8-17-12-2-1-10(16)7-11(9)12/h1-4,7-8,17-18H,5-6H2. The van der Waals surface area contributed by atoms with E-state index in [0.717, 1.165) is 20.3 Å². The summed E-state index contributed by atoms with van der Waals surface area (Å²) in [6, 6.07) is 8.92. The Hall–Kier alpha value is -0.860. The van der Waals surface area contributed by atoms with Crippen LogP contribution in [0.2, 0.25) is 5.02 Å². The largest absolute Gasteiger partial charge is 0.361 e. The molecule has 0 aliphatic heterocycles. The highest BCUT2D eigenvalue weighted by atomic mass is 79.9. The lowest BCUT2D eigenvalue weighted by molar-refractivity contribution is 0.584. The van der Waals surface area contributed by atoms with Gasteiger partial charge in [0.15, 0.2) is 0 Å². The number of hydrogen-bond acceptors (Lipinski definition) is 3. The van der Waals surface area contributed by atoms with Crippen molar-refractivity contribution in [2.75, 3.05) is 6.54 Å². The average Bonchev–Trinajstić information content (AvgIpc) is 3.06. The maximum absolute atomic E-state index is 12.1. The molecule has 0 aliphatic rings. The van der Waals surface area contributed by atoms with Gasteiger partial charge >= 0.3 is 0 Å². The van der Waals surface area contributed by atoms with E-state index < -0.39 is 10.0 Å². The number of halogens is 2. The van der Waals surface area contributed by atoms with Crippen LogP contribution in [-0.2, 0) is 16.4 Å². The Morgan fingerprint density at radius 1 is 1.27 bits per heavy atom. The van der Waals surface area contributed by atoms with Gasteiger partial charge in [-0.15, -0.1) is 11.3 Å². The lowest BCUT2D eigenvalue weighted by Gasteiger charge is -2.04. The molecule has 8 heteroatoms. The molecule has 0 saturated carbocycles. The van der Waals surface area contributed by atoms with Crippen molar-refractivity contribution in [2.45, 2.75) is 10.6 Å². The van der Waals surface area contributed by atoms with Gasteiger partial charge in [0.05, 0.1) is 3.79 Å². The molecular formula is C14H12BrClN2O2S2. The first-order chi connectivity index (χ1) is 10.5. The minimum atomic E-state index is -3.45. The third-order valence-electron chi connectivity index (χ3n) is 3.23. The summed E-state index contributed by atoms with van der Waals surface area (Å²) in [4.78, 5) is 3.16. The molecule has 0 amide bonds. The lowest BCUT2D eigenvalue weighted by Crippen LogP contribution is -2.25. The number of thiophene rings is 1. The number of aromatic nitrogens is 1. The number of fused-ring (bicyclic) bond motifs is 1. The van der Waals surface area contributed by atoms with Crippen molar-refractivity contribution in [3.05, 3.63) is 50.9 Å². The molecule has 3 rings (SSSR count). The summed E-state index contributed by atoms with van der Waals surface area (Å²) in [7, 11) is -3.45. The van der Waals surface area contributed by atoms with Gasteiger partial charge < -0.3 is 4.98 Å². The highest BCUT2D eigenvalue weighted by Gasteiger charge is 2.16. The second kappa shape index (κ2) is 6.33. The second-order valence-corrected chi connectivity index (χ2v) is 9.60. The summed E-state index contributed by atoms with van der Waals surface area (Å²) >= 11 is 10.5. The van der Waals surface area contributed by atoms with Crippen LogP contribution in [0.5, 0.6) is 0 Å². The summed E-state index contributed by atoms with van der Waals surface area (Å²) in [5, 5.41) is 1.68. The zero-order chi connectivity index (χ0) is 15.7. The van der Waals surface area contributed by atoms with Gasteiger partial charge in [-0.1, -0.05) is 11.6 Å². The van der Waals surface area contributed by atoms with E-state index in [4.69, 9.17) is 11.6 Å². The topological polar surface area (TPSA) is 62.0 Å². The SMILES string of the molecule is O=S(=O)(NCCc1c[nH]c2ccc(Cl)cc12)c1ccc(Br)s1. The van der Waals surface area contributed by atoms with Gasteiger partial charge in [-0.05, 0) is 58.2 Å². The maximum Gasteiger partial charge on any atom is 0.250 e. The van der Waals surface area contributed by atoms with Crippen molar-refractivity contribution in [2.24, 2.45) is 0 Å². The number of sulfonamides is 1. The third-order valence-corrected chi connectivity index (χ3v) is 7.04. The van der Waals surface area contributed by atoms with Gasteiger partial charge in [0.1, 0.15) is 4.21 Å². The number of rotatable bonds is 5. The van der Waals surface area contributed by atoms with Crippen LogP contribution in [0.3, 0.4) is 0 Å². The normalized spacial score (nSPS) is 12.1. The zero-order valence-electron chi connectivity index (χ0n) is 11.3. The van der Waals surface area contributed by atoms with Crippen LogP contribution in [0.15, 0.2) is 44.5 Å². The molecule has 0 radical (unpaired) electrons. The fraction of sp³-hybridized carbons (Fsp3) is 0.143. The number of H-pyrrole nitrogens is 1. The van der Waals surface area contributed by atoms with E-state index >= 15 is 0 Å². The van der Waals surface area contributed by atoms with Crippen LogP contribution in [0.25, 0.3) is 10.9 Å². The van der Waals surface area contributed by atoms with Crippen LogP contribution in [0.4, 0.5) is 0 Å². The molecule has 0 fully saturated rings. The zero-order valence-corrected chi connectivity index (χ0v) is 15.2. The molecule has 0 saturated heterocycles. The number of aromatic amines is 1. The van der Waals surface area contributed by atoms with Crippen molar-refractivity contribution >= 4 is 59.8 Å². The quantitative estimate of drug-likeness (QED) is 0.652. The van der Waals surface area contributed by atoms with Crippen LogP contribution in [-0.4, -0.2) is 19.9 Å². The van der Waals surface area contributed by atoms with E-state index in [-0.39, 0.29) is 0 Å². The number of hydrogen-bond donors (Lipinski definition) is 2. The molecule has 0 aliphatic carbocycles. The minimum absolute atomic E-state index is 0.307. The Labute approximate surface area is 145 Å². The highest BCUT2D eigenvalue weighted by molar-refractivity contribution is 9.11. The third kappa shape index (κ3) is 3.38. The molecule has 2 heterocycles. The first-order valence-electron chi connectivity index (χ1n) is 6.46. The fourth-order valence-electron chi connectivity index (χ4n) is 2.19. The molecule has 2 N–H and O–H groups in total. The predicted octanol–water partition coefficient (Wildman–Crippen LogP) is 4.17. The molecule has 0 bridgehead atoms. The van der Waals surface area contributed by atoms with Gasteiger partial charge in [-0.3, -0.25) is 0 Å². The van der Waals surface area contributed by atoms with E-state index in [1.54, 1.807) is 12.1 Å². The Balaban J connectivity index is 1.71. The van der Waals surface area contributed by atoms with E-state index in [0.29, 0.717) is 22.2 Å². The Morgan fingerprint density at radius 3 is 2.82 bits per heavy atom. The van der Waals surface area contributed by atoms with E-state index in [9.17, 15) is 8.42 Å². The summed E-state index contributed by atoms with van der Waals surface area (Å²) in [5.74, 6) is 0. The van der Waals surface area contributed by atoms with Gasteiger partial charge in [-0.2, -0.15) is 0 Å². The molecule has 22 heavy (non-hydrogen) atoms. The minimum Gasteiger partial charge on any atom is -0.361 e. The molecule has 1 aromatic carbocycles. The number of benzene rings is 1. The van der Waals surface area contributed by atoms with E-state index in [1.165, 1.54) is 11.3 Å². The molecule has 4 nitrogen and oxygen atoms in total. The van der Waals surface area contributed by atoms with E-state index in [2.05, 4.69) is 25.6 Å². The molecular weight excluding hydrogens is 408 g/mol. The van der Waals surface area contributed by atoms with Crippen molar-refractivity contribution in [1.82, 2.24) is 9.71 Å². The molecule has 0 spiro atoms. The highest BCUT2D eigenvalue weighted by Crippen LogP contribution is 2.26. The van der Waals surface area contributed by atoms with Crippen molar-refractivity contribution in [1.29, 1.82) is 0 Å². The van der Waals surface area contributed by atoms with Gasteiger partial charge in [-0.25, -0.2) is 13.1 Å². The predicted molar refractivity (Wildman–Crippen MR) is 94.2 cm³/mol. The van der Waals surface area contributed by atoms with Gasteiger partial charge in [0.25, 0.3) is 0 Å². The Kier molecular flexibility index (Phi) is 4.61. The van der Waals surface area contributed by atoms with Crippen molar-refractivity contribution in [3.8, 4) is 0 Å². The van der Waals surface area contributed by atoms with Gasteiger partial charge in [0.2, 0.25) is 10.0 Å². The monoisotopic (exact) mass is 418 g/mol. The molecule has 2 aromatic heterocycles. The van der Waals surface area contributed by atoms with Crippen molar-refractivity contribution < 1.29 is 8.42 Å². The van der Waals surface area contributed by atoms with Crippen LogP contribution in [0.1, 0.15) is 5.56 Å². The van der Waals surface area contributed by atoms with Gasteiger partial charge in [0, 0.05) is 28.7 Å². The fourth-order valence-corrected chi connectivity index (χ4v) is 5.45. The molecule has 3 aromatic rings. The number of nitrogens with one attached hydrogen (secondary N) is 2. The maximum atomic E-state index is 12.1. The first-order valence-corrected chi connectivity index (χ1v) is 9.93. The van der Waals surface area contributed by atoms with Crippen LogP contribution in [0, 0.1) is 0 Å². The summed E-state index contributed by atoms with van der Waals surface area (Å²) < 4.78 is 28.0. The van der Waals surface area contributed by atoms with Crippen molar-refractivity contribution in [3.63, 3.8) is 0 Å². The molecule has 116 valence electrons. The Bertz CT molecular complexity index is 918. The smallest absolute Gasteiger partial charge is 0.250 e. The first kappa shape index (κ1) is 16.0. The van der Waals surface area contributed by atoms with Crippen LogP contribution < -0.4 is 4.72 Å². The Morgan fingerprint density at radius 2 is 2.09 bits per heavy atom. The molecule has 0 atom stereocenters. The lowest BCUT2D eigenvalue weighted by atomic mass is 10.1. The summed E-state index contributed by atoms with van der Waals surface area (Å²) in [6.45, 7) is 0.331. The van der Waals surface area contributed by atoms with Crippen LogP contribution >= 0.6 is 38.9 Å². The summed E-state index contributed by atoms with van der Waals surface area (Å²) in [6.07, 6.45) is 2.48. The summed E-state index contributed by atoms with van der Waals surface area (Å²) in [5.41, 5.74) is 2.03. The molecule has 0 unspecified atom stereocenters.